The predicted molar refractivity (Wildman–Crippen MR) is 88.8 cm³/mol. The van der Waals surface area contributed by atoms with Crippen LogP contribution in [0.5, 0.6) is 0 Å². The summed E-state index contributed by atoms with van der Waals surface area (Å²) in [5, 5.41) is 23.8. The van der Waals surface area contributed by atoms with Gasteiger partial charge in [0, 0.05) is 50.5 Å². The van der Waals surface area contributed by atoms with E-state index in [4.69, 9.17) is 9.84 Å². The smallest absolute Gasteiger partial charge is 0.407 e. The molecule has 0 bridgehead atoms. The van der Waals surface area contributed by atoms with Crippen molar-refractivity contribution in [3.8, 4) is 0 Å². The van der Waals surface area contributed by atoms with Crippen LogP contribution < -0.4 is 10.2 Å². The van der Waals surface area contributed by atoms with Crippen molar-refractivity contribution in [1.82, 2.24) is 15.2 Å². The molecule has 136 valence electrons. The van der Waals surface area contributed by atoms with Gasteiger partial charge in [-0.05, 0) is 12.5 Å². The Balaban J connectivity index is 1.72. The van der Waals surface area contributed by atoms with Crippen molar-refractivity contribution >= 4 is 17.6 Å². The average Bonchev–Trinajstić information content (AvgIpc) is 3.09. The van der Waals surface area contributed by atoms with E-state index in [9.17, 15) is 14.9 Å². The molecule has 0 radical (unpaired) electrons. The minimum absolute atomic E-state index is 0.00398. The Morgan fingerprint density at radius 3 is 2.84 bits per heavy atom. The lowest BCUT2D eigenvalue weighted by Gasteiger charge is -2.27. The summed E-state index contributed by atoms with van der Waals surface area (Å²) < 4.78 is 5.29. The van der Waals surface area contributed by atoms with E-state index in [1.54, 1.807) is 12.3 Å². The summed E-state index contributed by atoms with van der Waals surface area (Å²) in [4.78, 5) is 29.6. The Kier molecular flexibility index (Phi) is 5.29. The maximum atomic E-state index is 11.6. The fourth-order valence-electron chi connectivity index (χ4n) is 3.18. The summed E-state index contributed by atoms with van der Waals surface area (Å²) in [5.41, 5.74) is 0.556. The van der Waals surface area contributed by atoms with Gasteiger partial charge >= 0.3 is 11.8 Å². The molecule has 2 aliphatic heterocycles. The quantitative estimate of drug-likeness (QED) is 0.586. The number of carbonyl (C=O) groups is 1. The highest BCUT2D eigenvalue weighted by Gasteiger charge is 2.29. The van der Waals surface area contributed by atoms with Gasteiger partial charge in [0.1, 0.15) is 0 Å². The number of pyridine rings is 1. The molecule has 1 unspecified atom stereocenters. The molecule has 3 rings (SSSR count). The first-order chi connectivity index (χ1) is 12.1. The van der Waals surface area contributed by atoms with Gasteiger partial charge in [-0.3, -0.25) is 10.1 Å². The topological polar surface area (TPSA) is 121 Å². The van der Waals surface area contributed by atoms with E-state index >= 15 is 0 Å². The number of amides is 1. The van der Waals surface area contributed by atoms with Gasteiger partial charge in [-0.1, -0.05) is 0 Å². The number of morpholine rings is 1. The van der Waals surface area contributed by atoms with E-state index in [2.05, 4.69) is 10.3 Å². The van der Waals surface area contributed by atoms with Crippen LogP contribution in [0, 0.1) is 10.1 Å². The van der Waals surface area contributed by atoms with Gasteiger partial charge < -0.3 is 25.0 Å². The van der Waals surface area contributed by atoms with Crippen molar-refractivity contribution in [2.45, 2.75) is 19.0 Å². The number of likely N-dealkylation sites (tertiary alicyclic amines) is 1. The van der Waals surface area contributed by atoms with E-state index in [0.717, 1.165) is 0 Å². The first-order valence-corrected chi connectivity index (χ1v) is 8.22. The summed E-state index contributed by atoms with van der Waals surface area (Å²) in [6.45, 7) is 3.36. The third kappa shape index (κ3) is 3.97. The number of carboxylic acid groups (broad SMARTS) is 1. The van der Waals surface area contributed by atoms with Crippen LogP contribution in [-0.4, -0.2) is 71.4 Å². The maximum absolute atomic E-state index is 11.6. The Bertz CT molecular complexity index is 649. The second kappa shape index (κ2) is 7.62. The third-order valence-corrected chi connectivity index (χ3v) is 4.52. The fraction of sp³-hybridized carbons (Fsp3) is 0.600. The molecule has 1 aromatic heterocycles. The molecule has 0 spiro atoms. The largest absolute Gasteiger partial charge is 0.465 e. The number of hydrogen-bond acceptors (Lipinski definition) is 7. The van der Waals surface area contributed by atoms with Crippen LogP contribution in [-0.2, 0) is 11.3 Å². The van der Waals surface area contributed by atoms with Gasteiger partial charge in [0.25, 0.3) is 0 Å². The Labute approximate surface area is 144 Å². The number of nitrogens with one attached hydrogen (secondary N) is 1. The number of ether oxygens (including phenoxy) is 1. The highest BCUT2D eigenvalue weighted by molar-refractivity contribution is 5.65. The van der Waals surface area contributed by atoms with Crippen molar-refractivity contribution in [1.29, 1.82) is 0 Å². The average molecular weight is 351 g/mol. The molecule has 25 heavy (non-hydrogen) atoms. The van der Waals surface area contributed by atoms with Crippen LogP contribution in [0.3, 0.4) is 0 Å². The lowest BCUT2D eigenvalue weighted by Crippen LogP contribution is -2.37. The van der Waals surface area contributed by atoms with Crippen LogP contribution in [0.15, 0.2) is 12.3 Å². The van der Waals surface area contributed by atoms with Crippen LogP contribution in [0.1, 0.15) is 12.0 Å². The third-order valence-electron chi connectivity index (χ3n) is 4.52. The first-order valence-electron chi connectivity index (χ1n) is 8.22. The molecule has 2 N–H and O–H groups in total. The minimum atomic E-state index is -0.936. The number of aromatic nitrogens is 1. The van der Waals surface area contributed by atoms with Crippen molar-refractivity contribution in [2.24, 2.45) is 0 Å². The zero-order chi connectivity index (χ0) is 17.8. The molecule has 1 aromatic rings. The molecular formula is C15H21N5O5. The molecule has 1 amide bonds. The number of anilines is 1. The summed E-state index contributed by atoms with van der Waals surface area (Å²) >= 11 is 0. The molecule has 2 saturated heterocycles. The summed E-state index contributed by atoms with van der Waals surface area (Å²) in [6, 6.07) is 1.63. The van der Waals surface area contributed by atoms with Crippen LogP contribution in [0.25, 0.3) is 0 Å². The number of rotatable bonds is 5. The van der Waals surface area contributed by atoms with Gasteiger partial charge in [0.05, 0.1) is 18.1 Å². The second-order valence-electron chi connectivity index (χ2n) is 6.09. The SMILES string of the molecule is O=C(O)N1CCC(NCc2ccnc(N3CCOCC3)c2[N+](=O)[O-])C1. The molecule has 0 aromatic carbocycles. The number of nitrogens with zero attached hydrogens (tertiary/aromatic N) is 4. The van der Waals surface area contributed by atoms with Gasteiger partial charge in [0.15, 0.2) is 0 Å². The molecular weight excluding hydrogens is 330 g/mol. The van der Waals surface area contributed by atoms with E-state index in [0.29, 0.717) is 63.7 Å². The van der Waals surface area contributed by atoms with E-state index in [-0.39, 0.29) is 11.7 Å². The lowest BCUT2D eigenvalue weighted by molar-refractivity contribution is -0.385. The monoisotopic (exact) mass is 351 g/mol. The van der Waals surface area contributed by atoms with Gasteiger partial charge in [0.2, 0.25) is 5.82 Å². The predicted octanol–water partition coefficient (Wildman–Crippen LogP) is 0.668. The zero-order valence-corrected chi connectivity index (χ0v) is 13.8. The molecule has 2 aliphatic rings. The second-order valence-corrected chi connectivity index (χ2v) is 6.09. The Hall–Kier alpha value is -2.46. The highest BCUT2D eigenvalue weighted by atomic mass is 16.6. The number of hydrogen-bond donors (Lipinski definition) is 2. The van der Waals surface area contributed by atoms with Crippen LogP contribution in [0.2, 0.25) is 0 Å². The molecule has 3 heterocycles. The Morgan fingerprint density at radius 1 is 1.44 bits per heavy atom. The fourth-order valence-corrected chi connectivity index (χ4v) is 3.18. The Morgan fingerprint density at radius 2 is 2.20 bits per heavy atom. The summed E-state index contributed by atoms with van der Waals surface area (Å²) in [7, 11) is 0. The van der Waals surface area contributed by atoms with Crippen molar-refractivity contribution in [3.63, 3.8) is 0 Å². The maximum Gasteiger partial charge on any atom is 0.407 e. The van der Waals surface area contributed by atoms with Crippen molar-refractivity contribution < 1.29 is 19.6 Å². The normalized spacial score (nSPS) is 20.7. The molecule has 10 nitrogen and oxygen atoms in total. The summed E-state index contributed by atoms with van der Waals surface area (Å²) in [6.07, 6.45) is 1.34. The minimum Gasteiger partial charge on any atom is -0.465 e. The number of nitro groups is 1. The standard InChI is InChI=1S/C15H21N5O5/c21-15(22)19-4-2-12(10-19)17-9-11-1-3-16-14(13(11)20(23)24)18-5-7-25-8-6-18/h1,3,12,17H,2,4-10H2,(H,21,22). The van der Waals surface area contributed by atoms with E-state index < -0.39 is 11.0 Å². The molecule has 10 heteroatoms. The molecule has 2 fully saturated rings. The summed E-state index contributed by atoms with van der Waals surface area (Å²) in [5.74, 6) is 0.367. The highest BCUT2D eigenvalue weighted by Crippen LogP contribution is 2.30. The van der Waals surface area contributed by atoms with Crippen LogP contribution in [0.4, 0.5) is 16.3 Å². The van der Waals surface area contributed by atoms with Gasteiger partial charge in [-0.15, -0.1) is 0 Å². The van der Waals surface area contributed by atoms with E-state index in [1.165, 1.54) is 4.90 Å². The molecule has 0 saturated carbocycles. The van der Waals surface area contributed by atoms with E-state index in [1.807, 2.05) is 4.90 Å². The molecule has 0 aliphatic carbocycles. The van der Waals surface area contributed by atoms with Crippen LogP contribution >= 0.6 is 0 Å². The van der Waals surface area contributed by atoms with Crippen molar-refractivity contribution in [2.75, 3.05) is 44.3 Å². The molecule has 1 atom stereocenters. The van der Waals surface area contributed by atoms with Gasteiger partial charge in [-0.25, -0.2) is 9.78 Å². The lowest BCUT2D eigenvalue weighted by atomic mass is 10.1. The zero-order valence-electron chi connectivity index (χ0n) is 13.8. The van der Waals surface area contributed by atoms with Gasteiger partial charge in [-0.2, -0.15) is 0 Å². The van der Waals surface area contributed by atoms with Crippen molar-refractivity contribution in [3.05, 3.63) is 27.9 Å². The first kappa shape index (κ1) is 17.4.